The van der Waals surface area contributed by atoms with Crippen molar-refractivity contribution in [1.29, 1.82) is 0 Å². The van der Waals surface area contributed by atoms with Crippen LogP contribution < -0.4 is 0 Å². The average Bonchev–Trinajstić information content (AvgIpc) is 2.74. The van der Waals surface area contributed by atoms with Gasteiger partial charge in [0.15, 0.2) is 0 Å². The fourth-order valence-corrected chi connectivity index (χ4v) is 3.67. The summed E-state index contributed by atoms with van der Waals surface area (Å²) in [5.74, 6) is 2.61. The highest BCUT2D eigenvalue weighted by molar-refractivity contribution is 7.99. The van der Waals surface area contributed by atoms with Crippen LogP contribution in [0.1, 0.15) is 45.4 Å². The van der Waals surface area contributed by atoms with E-state index in [0.717, 1.165) is 0 Å². The van der Waals surface area contributed by atoms with Gasteiger partial charge in [-0.15, -0.1) is 11.8 Å². The van der Waals surface area contributed by atoms with Gasteiger partial charge in [0.1, 0.15) is 0 Å². The summed E-state index contributed by atoms with van der Waals surface area (Å²) in [6.07, 6.45) is 8.33. The summed E-state index contributed by atoms with van der Waals surface area (Å²) >= 11 is 2.09. The lowest BCUT2D eigenvalue weighted by Gasteiger charge is -2.24. The molecule has 0 saturated carbocycles. The van der Waals surface area contributed by atoms with Crippen LogP contribution >= 0.6 is 11.8 Å². The first-order valence-electron chi connectivity index (χ1n) is 6.40. The van der Waals surface area contributed by atoms with Gasteiger partial charge in [0.2, 0.25) is 0 Å². The second-order valence-corrected chi connectivity index (χ2v) is 5.83. The topological polar surface area (TPSA) is 3.24 Å². The van der Waals surface area contributed by atoms with Crippen LogP contribution in [0.15, 0.2) is 11.1 Å². The Bertz CT molecular complexity index is 229. The van der Waals surface area contributed by atoms with E-state index in [2.05, 4.69) is 23.6 Å². The molecule has 2 aliphatic rings. The van der Waals surface area contributed by atoms with Gasteiger partial charge in [0, 0.05) is 24.7 Å². The van der Waals surface area contributed by atoms with Gasteiger partial charge < -0.3 is 0 Å². The first kappa shape index (κ1) is 11.5. The van der Waals surface area contributed by atoms with Gasteiger partial charge >= 0.3 is 0 Å². The molecule has 1 aliphatic heterocycles. The van der Waals surface area contributed by atoms with Gasteiger partial charge in [-0.25, -0.2) is 0 Å². The lowest BCUT2D eigenvalue weighted by Crippen LogP contribution is -2.23. The third-order valence-corrected chi connectivity index (χ3v) is 4.52. The van der Waals surface area contributed by atoms with Gasteiger partial charge in [0.25, 0.3) is 0 Å². The van der Waals surface area contributed by atoms with Crippen molar-refractivity contribution in [2.45, 2.75) is 45.4 Å². The molecule has 0 spiro atoms. The molecule has 0 radical (unpaired) electrons. The van der Waals surface area contributed by atoms with Crippen LogP contribution in [-0.4, -0.2) is 29.6 Å². The van der Waals surface area contributed by atoms with E-state index in [0.29, 0.717) is 0 Å². The van der Waals surface area contributed by atoms with Crippen molar-refractivity contribution in [1.82, 2.24) is 4.90 Å². The molecule has 0 bridgehead atoms. The normalized spacial score (nSPS) is 23.8. The number of nitrogens with zero attached hydrogens (tertiary/aromatic N) is 1. The predicted molar refractivity (Wildman–Crippen MR) is 69.3 cm³/mol. The zero-order valence-electron chi connectivity index (χ0n) is 9.93. The Hall–Kier alpha value is 0.0500. The molecule has 0 aromatic rings. The van der Waals surface area contributed by atoms with E-state index >= 15 is 0 Å². The molecule has 0 amide bonds. The quantitative estimate of drug-likeness (QED) is 0.672. The second-order valence-electron chi connectivity index (χ2n) is 4.75. The van der Waals surface area contributed by atoms with E-state index in [4.69, 9.17) is 0 Å². The molecular formula is C13H23NS. The Labute approximate surface area is 98.3 Å². The summed E-state index contributed by atoms with van der Waals surface area (Å²) in [7, 11) is 0. The summed E-state index contributed by atoms with van der Waals surface area (Å²) in [5.41, 5.74) is 3.60. The Kier molecular flexibility index (Phi) is 4.58. The molecule has 1 heterocycles. The lowest BCUT2D eigenvalue weighted by atomic mass is 9.89. The van der Waals surface area contributed by atoms with E-state index in [-0.39, 0.29) is 0 Å². The van der Waals surface area contributed by atoms with Gasteiger partial charge in [0.05, 0.1) is 0 Å². The minimum absolute atomic E-state index is 1.27. The van der Waals surface area contributed by atoms with Crippen molar-refractivity contribution in [3.05, 3.63) is 11.1 Å². The molecule has 1 fully saturated rings. The maximum atomic E-state index is 2.63. The highest BCUT2D eigenvalue weighted by atomic mass is 32.2. The Morgan fingerprint density at radius 2 is 2.00 bits per heavy atom. The SMILES string of the molecule is CCCC1=C(CN2CCSC2)CCCC1. The van der Waals surface area contributed by atoms with Crippen molar-refractivity contribution in [2.24, 2.45) is 0 Å². The predicted octanol–water partition coefficient (Wildman–Crippen LogP) is 3.66. The van der Waals surface area contributed by atoms with Crippen molar-refractivity contribution >= 4 is 11.8 Å². The lowest BCUT2D eigenvalue weighted by molar-refractivity contribution is 0.375. The monoisotopic (exact) mass is 225 g/mol. The van der Waals surface area contributed by atoms with Crippen LogP contribution in [0.3, 0.4) is 0 Å². The van der Waals surface area contributed by atoms with Gasteiger partial charge in [-0.1, -0.05) is 24.5 Å². The fraction of sp³-hybridized carbons (Fsp3) is 0.846. The molecule has 0 atom stereocenters. The minimum Gasteiger partial charge on any atom is -0.289 e. The van der Waals surface area contributed by atoms with Crippen molar-refractivity contribution < 1.29 is 0 Å². The highest BCUT2D eigenvalue weighted by Crippen LogP contribution is 2.29. The first-order valence-corrected chi connectivity index (χ1v) is 7.55. The van der Waals surface area contributed by atoms with Gasteiger partial charge in [-0.2, -0.15) is 0 Å². The molecule has 2 heteroatoms. The van der Waals surface area contributed by atoms with Gasteiger partial charge in [-0.3, -0.25) is 4.90 Å². The van der Waals surface area contributed by atoms with Crippen LogP contribution in [0.5, 0.6) is 0 Å². The average molecular weight is 225 g/mol. The van der Waals surface area contributed by atoms with E-state index in [1.165, 1.54) is 63.2 Å². The number of rotatable bonds is 4. The van der Waals surface area contributed by atoms with E-state index in [9.17, 15) is 0 Å². The fourth-order valence-electron chi connectivity index (χ4n) is 2.67. The third kappa shape index (κ3) is 3.25. The zero-order valence-corrected chi connectivity index (χ0v) is 10.7. The maximum absolute atomic E-state index is 2.63. The first-order chi connectivity index (χ1) is 7.40. The molecule has 0 unspecified atom stereocenters. The van der Waals surface area contributed by atoms with Crippen molar-refractivity contribution in [3.63, 3.8) is 0 Å². The van der Waals surface area contributed by atoms with Crippen LogP contribution in [0.4, 0.5) is 0 Å². The Morgan fingerprint density at radius 1 is 1.20 bits per heavy atom. The van der Waals surface area contributed by atoms with E-state index in [1.54, 1.807) is 11.1 Å². The molecule has 2 rings (SSSR count). The smallest absolute Gasteiger partial charge is 0.0448 e. The molecule has 1 saturated heterocycles. The zero-order chi connectivity index (χ0) is 10.5. The summed E-state index contributed by atoms with van der Waals surface area (Å²) in [5, 5.41) is 0. The second kappa shape index (κ2) is 5.95. The van der Waals surface area contributed by atoms with Crippen LogP contribution in [0, 0.1) is 0 Å². The minimum atomic E-state index is 1.27. The number of allylic oxidation sites excluding steroid dienone is 1. The maximum Gasteiger partial charge on any atom is 0.0448 e. The molecule has 15 heavy (non-hydrogen) atoms. The van der Waals surface area contributed by atoms with Crippen LogP contribution in [-0.2, 0) is 0 Å². The van der Waals surface area contributed by atoms with E-state index < -0.39 is 0 Å². The van der Waals surface area contributed by atoms with Gasteiger partial charge in [-0.05, 0) is 32.1 Å². The van der Waals surface area contributed by atoms with Crippen LogP contribution in [0.2, 0.25) is 0 Å². The summed E-state index contributed by atoms with van der Waals surface area (Å²) in [6, 6.07) is 0. The van der Waals surface area contributed by atoms with E-state index in [1.807, 2.05) is 0 Å². The molecule has 1 aliphatic carbocycles. The van der Waals surface area contributed by atoms with Crippen molar-refractivity contribution in [2.75, 3.05) is 24.7 Å². The van der Waals surface area contributed by atoms with Crippen LogP contribution in [0.25, 0.3) is 0 Å². The number of hydrogen-bond acceptors (Lipinski definition) is 2. The van der Waals surface area contributed by atoms with Crippen molar-refractivity contribution in [3.8, 4) is 0 Å². The summed E-state index contributed by atoms with van der Waals surface area (Å²) in [4.78, 5) is 2.63. The number of hydrogen-bond donors (Lipinski definition) is 0. The Morgan fingerprint density at radius 3 is 2.67 bits per heavy atom. The third-order valence-electron chi connectivity index (χ3n) is 3.50. The summed E-state index contributed by atoms with van der Waals surface area (Å²) in [6.45, 7) is 4.90. The number of thioether (sulfide) groups is 1. The molecular weight excluding hydrogens is 202 g/mol. The molecule has 0 N–H and O–H groups in total. The molecule has 86 valence electrons. The molecule has 1 nitrogen and oxygen atoms in total. The Balaban J connectivity index is 1.95. The summed E-state index contributed by atoms with van der Waals surface area (Å²) < 4.78 is 0. The molecule has 0 aromatic carbocycles. The largest absolute Gasteiger partial charge is 0.289 e. The standard InChI is InChI=1S/C13H23NS/c1-2-5-12-6-3-4-7-13(12)10-14-8-9-15-11-14/h2-11H2,1H3. The molecule has 0 aromatic heterocycles. The highest BCUT2D eigenvalue weighted by Gasteiger charge is 2.17.